The summed E-state index contributed by atoms with van der Waals surface area (Å²) in [5.41, 5.74) is 1.52. The van der Waals surface area contributed by atoms with Gasteiger partial charge < -0.3 is 10.0 Å². The summed E-state index contributed by atoms with van der Waals surface area (Å²) in [6, 6.07) is 5.81. The summed E-state index contributed by atoms with van der Waals surface area (Å²) in [6.45, 7) is 2.88. The second-order valence-electron chi connectivity index (χ2n) is 5.10. The Bertz CT molecular complexity index is 461. The minimum atomic E-state index is 0.0224. The van der Waals surface area contributed by atoms with Gasteiger partial charge in [0.1, 0.15) is 0 Å². The smallest absolute Gasteiger partial charge is 0.255 e. The van der Waals surface area contributed by atoms with Crippen LogP contribution in [-0.4, -0.2) is 35.1 Å². The molecule has 1 aliphatic rings. The van der Waals surface area contributed by atoms with Crippen molar-refractivity contribution in [1.82, 2.24) is 4.90 Å². The Morgan fingerprint density at radius 3 is 3.05 bits per heavy atom. The van der Waals surface area contributed by atoms with Crippen LogP contribution in [0.1, 0.15) is 41.6 Å². The molecule has 0 aliphatic carbocycles. The van der Waals surface area contributed by atoms with Crippen LogP contribution in [0.5, 0.6) is 0 Å². The molecule has 1 N–H and O–H groups in total. The molecule has 1 atom stereocenters. The van der Waals surface area contributed by atoms with Crippen LogP contribution in [0.3, 0.4) is 0 Å². The maximum Gasteiger partial charge on any atom is 0.255 e. The van der Waals surface area contributed by atoms with Crippen molar-refractivity contribution in [1.29, 1.82) is 0 Å². The molecule has 104 valence electrons. The summed E-state index contributed by atoms with van der Waals surface area (Å²) in [5.74, 6) is 0.0224. The maximum absolute atomic E-state index is 12.6. The minimum absolute atomic E-state index is 0.0224. The van der Waals surface area contributed by atoms with Crippen LogP contribution >= 0.6 is 11.6 Å². The van der Waals surface area contributed by atoms with Gasteiger partial charge in [0.25, 0.3) is 5.91 Å². The van der Waals surface area contributed by atoms with Crippen LogP contribution in [-0.2, 0) is 0 Å². The van der Waals surface area contributed by atoms with E-state index in [2.05, 4.69) is 0 Å². The van der Waals surface area contributed by atoms with E-state index in [1.54, 1.807) is 6.07 Å². The Balaban J connectivity index is 2.16. The van der Waals surface area contributed by atoms with Crippen molar-refractivity contribution in [2.75, 3.05) is 13.2 Å². The Morgan fingerprint density at radius 2 is 2.32 bits per heavy atom. The molecule has 4 heteroatoms. The molecular weight excluding hydrogens is 262 g/mol. The summed E-state index contributed by atoms with van der Waals surface area (Å²) in [4.78, 5) is 14.5. The van der Waals surface area contributed by atoms with E-state index >= 15 is 0 Å². The number of amides is 1. The first-order chi connectivity index (χ1) is 9.15. The van der Waals surface area contributed by atoms with E-state index in [9.17, 15) is 4.79 Å². The fourth-order valence-electron chi connectivity index (χ4n) is 2.70. The molecular formula is C15H20ClNO2. The van der Waals surface area contributed by atoms with E-state index in [-0.39, 0.29) is 18.6 Å². The van der Waals surface area contributed by atoms with Crippen molar-refractivity contribution in [2.24, 2.45) is 0 Å². The molecule has 0 aromatic heterocycles. The lowest BCUT2D eigenvalue weighted by Gasteiger charge is -2.25. The average molecular weight is 282 g/mol. The van der Waals surface area contributed by atoms with Crippen LogP contribution < -0.4 is 0 Å². The number of carbonyl (C=O) groups excluding carboxylic acids is 1. The fraction of sp³-hybridized carbons (Fsp3) is 0.533. The van der Waals surface area contributed by atoms with Crippen molar-refractivity contribution < 1.29 is 9.90 Å². The third-order valence-corrected chi connectivity index (χ3v) is 4.26. The van der Waals surface area contributed by atoms with Gasteiger partial charge in [-0.15, -0.1) is 0 Å². The summed E-state index contributed by atoms with van der Waals surface area (Å²) >= 11 is 6.23. The predicted molar refractivity (Wildman–Crippen MR) is 76.6 cm³/mol. The first-order valence-electron chi connectivity index (χ1n) is 6.82. The molecule has 0 bridgehead atoms. The average Bonchev–Trinajstić information content (AvgIpc) is 2.87. The zero-order valence-corrected chi connectivity index (χ0v) is 12.0. The highest BCUT2D eigenvalue weighted by Crippen LogP contribution is 2.27. The van der Waals surface area contributed by atoms with E-state index in [0.29, 0.717) is 10.6 Å². The number of aliphatic hydroxyl groups excluding tert-OH is 1. The zero-order valence-electron chi connectivity index (χ0n) is 11.2. The van der Waals surface area contributed by atoms with E-state index < -0.39 is 0 Å². The number of carbonyl (C=O) groups is 1. The van der Waals surface area contributed by atoms with Gasteiger partial charge in [0.2, 0.25) is 0 Å². The largest absolute Gasteiger partial charge is 0.396 e. The van der Waals surface area contributed by atoms with Gasteiger partial charge in [0.15, 0.2) is 0 Å². The number of aliphatic hydroxyl groups is 1. The summed E-state index contributed by atoms with van der Waals surface area (Å²) < 4.78 is 0. The van der Waals surface area contributed by atoms with Crippen LogP contribution in [0, 0.1) is 6.92 Å². The van der Waals surface area contributed by atoms with Crippen LogP contribution in [0.2, 0.25) is 5.02 Å². The number of hydrogen-bond acceptors (Lipinski definition) is 2. The molecule has 2 rings (SSSR count). The molecule has 3 nitrogen and oxygen atoms in total. The number of nitrogens with zero attached hydrogens (tertiary/aromatic N) is 1. The Morgan fingerprint density at radius 1 is 1.53 bits per heavy atom. The highest BCUT2D eigenvalue weighted by molar-refractivity contribution is 6.34. The fourth-order valence-corrected chi connectivity index (χ4v) is 2.90. The molecule has 1 amide bonds. The van der Waals surface area contributed by atoms with Crippen molar-refractivity contribution in [3.63, 3.8) is 0 Å². The molecule has 1 fully saturated rings. The normalized spacial score (nSPS) is 18.9. The SMILES string of the molecule is Cc1cccc(C(=O)N2CCCC2CCCO)c1Cl. The van der Waals surface area contributed by atoms with Crippen LogP contribution in [0.15, 0.2) is 18.2 Å². The Hall–Kier alpha value is -1.06. The standard InChI is InChI=1S/C15H20ClNO2/c1-11-5-2-8-13(14(11)16)15(19)17-9-3-6-12(17)7-4-10-18/h2,5,8,12,18H,3-4,6-7,9-10H2,1H3. The monoisotopic (exact) mass is 281 g/mol. The second-order valence-corrected chi connectivity index (χ2v) is 5.47. The molecule has 1 unspecified atom stereocenters. The number of halogens is 1. The van der Waals surface area contributed by atoms with Crippen molar-refractivity contribution in [3.05, 3.63) is 34.3 Å². The van der Waals surface area contributed by atoms with E-state index in [1.165, 1.54) is 0 Å². The molecule has 0 radical (unpaired) electrons. The highest BCUT2D eigenvalue weighted by atomic mass is 35.5. The second kappa shape index (κ2) is 6.40. The van der Waals surface area contributed by atoms with Gasteiger partial charge >= 0.3 is 0 Å². The topological polar surface area (TPSA) is 40.5 Å². The number of likely N-dealkylation sites (tertiary alicyclic amines) is 1. The predicted octanol–water partition coefficient (Wildman–Crippen LogP) is 3.03. The van der Waals surface area contributed by atoms with Crippen molar-refractivity contribution >= 4 is 17.5 Å². The maximum atomic E-state index is 12.6. The van der Waals surface area contributed by atoms with E-state index in [4.69, 9.17) is 16.7 Å². The molecule has 1 aliphatic heterocycles. The van der Waals surface area contributed by atoms with Crippen LogP contribution in [0.25, 0.3) is 0 Å². The Kier molecular flexibility index (Phi) is 4.83. The molecule has 1 aromatic rings. The first kappa shape index (κ1) is 14.4. The van der Waals surface area contributed by atoms with Gasteiger partial charge in [0, 0.05) is 19.2 Å². The molecule has 19 heavy (non-hydrogen) atoms. The molecule has 1 saturated heterocycles. The van der Waals surface area contributed by atoms with Gasteiger partial charge in [-0.1, -0.05) is 23.7 Å². The third kappa shape index (κ3) is 3.10. The lowest BCUT2D eigenvalue weighted by Crippen LogP contribution is -2.35. The van der Waals surface area contributed by atoms with Crippen molar-refractivity contribution in [3.8, 4) is 0 Å². The van der Waals surface area contributed by atoms with E-state index in [1.807, 2.05) is 24.0 Å². The van der Waals surface area contributed by atoms with Crippen LogP contribution in [0.4, 0.5) is 0 Å². The summed E-state index contributed by atoms with van der Waals surface area (Å²) in [5, 5.41) is 9.48. The Labute approximate surface area is 119 Å². The van der Waals surface area contributed by atoms with Gasteiger partial charge in [-0.2, -0.15) is 0 Å². The third-order valence-electron chi connectivity index (χ3n) is 3.76. The lowest BCUT2D eigenvalue weighted by atomic mass is 10.1. The van der Waals surface area contributed by atoms with Crippen molar-refractivity contribution in [2.45, 2.75) is 38.6 Å². The summed E-state index contributed by atoms with van der Waals surface area (Å²) in [6.07, 6.45) is 3.67. The molecule has 1 heterocycles. The number of aryl methyl sites for hydroxylation is 1. The molecule has 0 spiro atoms. The number of hydrogen-bond donors (Lipinski definition) is 1. The van der Waals surface area contributed by atoms with Gasteiger partial charge in [-0.05, 0) is 44.2 Å². The van der Waals surface area contributed by atoms with E-state index in [0.717, 1.165) is 37.8 Å². The van der Waals surface area contributed by atoms with Gasteiger partial charge in [0.05, 0.1) is 10.6 Å². The highest BCUT2D eigenvalue weighted by Gasteiger charge is 2.29. The summed E-state index contributed by atoms with van der Waals surface area (Å²) in [7, 11) is 0. The molecule has 0 saturated carbocycles. The van der Waals surface area contributed by atoms with Gasteiger partial charge in [-0.3, -0.25) is 4.79 Å². The number of rotatable bonds is 4. The minimum Gasteiger partial charge on any atom is -0.396 e. The first-order valence-corrected chi connectivity index (χ1v) is 7.20. The number of benzene rings is 1. The van der Waals surface area contributed by atoms with Gasteiger partial charge in [-0.25, -0.2) is 0 Å². The quantitative estimate of drug-likeness (QED) is 0.922. The molecule has 1 aromatic carbocycles. The lowest BCUT2D eigenvalue weighted by molar-refractivity contribution is 0.0724. The zero-order chi connectivity index (χ0) is 13.8.